The van der Waals surface area contributed by atoms with Crippen molar-refractivity contribution in [1.82, 2.24) is 5.32 Å². The number of carbonyl (C=O) groups is 1. The maximum absolute atomic E-state index is 12.3. The third-order valence-corrected chi connectivity index (χ3v) is 3.85. The normalized spacial score (nSPS) is 15.1. The van der Waals surface area contributed by atoms with Crippen LogP contribution in [0.25, 0.3) is 0 Å². The molecule has 0 saturated carbocycles. The number of carbonyl (C=O) groups excluding carboxylic acids is 1. The van der Waals surface area contributed by atoms with Crippen molar-refractivity contribution < 1.29 is 4.79 Å². The number of nitrogens with one attached hydrogen (secondary N) is 1. The number of anilines is 2. The highest BCUT2D eigenvalue weighted by Gasteiger charge is 2.26. The van der Waals surface area contributed by atoms with Crippen LogP contribution in [0.4, 0.5) is 11.4 Å². The molecule has 3 N–H and O–H groups in total. The molecule has 4 nitrogen and oxygen atoms in total. The fourth-order valence-corrected chi connectivity index (χ4v) is 2.68. The molecule has 0 bridgehead atoms. The van der Waals surface area contributed by atoms with Gasteiger partial charge >= 0.3 is 0 Å². The van der Waals surface area contributed by atoms with E-state index in [-0.39, 0.29) is 24.4 Å². The minimum Gasteiger partial charge on any atom is -0.398 e. The SMILES string of the molecule is CC(C)CNC(=O)C(C)N1CCCc2c(N)cccc21.Cl. The number of nitrogens with zero attached hydrogens (tertiary/aromatic N) is 1. The van der Waals surface area contributed by atoms with Crippen LogP contribution in [0.5, 0.6) is 0 Å². The second kappa shape index (κ2) is 7.55. The highest BCUT2D eigenvalue weighted by atomic mass is 35.5. The van der Waals surface area contributed by atoms with Crippen molar-refractivity contribution in [3.05, 3.63) is 23.8 Å². The maximum atomic E-state index is 12.3. The first-order chi connectivity index (χ1) is 9.50. The van der Waals surface area contributed by atoms with E-state index >= 15 is 0 Å². The smallest absolute Gasteiger partial charge is 0.242 e. The molecule has 0 saturated heterocycles. The maximum Gasteiger partial charge on any atom is 0.242 e. The number of fused-ring (bicyclic) bond motifs is 1. The molecule has 1 aliphatic rings. The summed E-state index contributed by atoms with van der Waals surface area (Å²) in [6.07, 6.45) is 2.04. The van der Waals surface area contributed by atoms with E-state index in [1.165, 1.54) is 5.56 Å². The van der Waals surface area contributed by atoms with Gasteiger partial charge in [0.1, 0.15) is 6.04 Å². The van der Waals surface area contributed by atoms with Gasteiger partial charge in [-0.25, -0.2) is 0 Å². The zero-order valence-electron chi connectivity index (χ0n) is 13.1. The van der Waals surface area contributed by atoms with Gasteiger partial charge in [-0.3, -0.25) is 4.79 Å². The van der Waals surface area contributed by atoms with Gasteiger partial charge in [0.25, 0.3) is 0 Å². The van der Waals surface area contributed by atoms with Gasteiger partial charge in [0.2, 0.25) is 5.91 Å². The predicted molar refractivity (Wildman–Crippen MR) is 91.1 cm³/mol. The number of nitrogen functional groups attached to an aromatic ring is 1. The van der Waals surface area contributed by atoms with E-state index in [1.54, 1.807) is 0 Å². The molecule has 2 rings (SSSR count). The van der Waals surface area contributed by atoms with Crippen molar-refractivity contribution in [2.45, 2.75) is 39.7 Å². The molecule has 0 spiro atoms. The first kappa shape index (κ1) is 17.6. The summed E-state index contributed by atoms with van der Waals surface area (Å²) in [6, 6.07) is 5.81. The van der Waals surface area contributed by atoms with Crippen molar-refractivity contribution in [3.63, 3.8) is 0 Å². The molecule has 1 unspecified atom stereocenters. The summed E-state index contributed by atoms with van der Waals surface area (Å²) in [4.78, 5) is 14.4. The summed E-state index contributed by atoms with van der Waals surface area (Å²) >= 11 is 0. The van der Waals surface area contributed by atoms with E-state index < -0.39 is 0 Å². The minimum absolute atomic E-state index is 0. The third kappa shape index (κ3) is 4.03. The van der Waals surface area contributed by atoms with E-state index in [0.29, 0.717) is 5.92 Å². The fraction of sp³-hybridized carbons (Fsp3) is 0.562. The zero-order valence-corrected chi connectivity index (χ0v) is 13.9. The highest BCUT2D eigenvalue weighted by molar-refractivity contribution is 5.86. The predicted octanol–water partition coefficient (Wildman–Crippen LogP) is 2.60. The van der Waals surface area contributed by atoms with Gasteiger partial charge < -0.3 is 16.0 Å². The molecule has 1 aromatic carbocycles. The molecule has 1 heterocycles. The Morgan fingerprint density at radius 3 is 2.76 bits per heavy atom. The van der Waals surface area contributed by atoms with Crippen LogP contribution in [0.1, 0.15) is 32.8 Å². The van der Waals surface area contributed by atoms with E-state index in [0.717, 1.165) is 37.3 Å². The van der Waals surface area contributed by atoms with Crippen molar-refractivity contribution in [2.24, 2.45) is 5.92 Å². The Labute approximate surface area is 133 Å². The summed E-state index contributed by atoms with van der Waals surface area (Å²) in [5.74, 6) is 0.560. The first-order valence-corrected chi connectivity index (χ1v) is 7.42. The molecule has 0 aliphatic carbocycles. The van der Waals surface area contributed by atoms with E-state index in [1.807, 2.05) is 19.1 Å². The lowest BCUT2D eigenvalue weighted by Gasteiger charge is -2.36. The van der Waals surface area contributed by atoms with Gasteiger partial charge in [-0.2, -0.15) is 0 Å². The van der Waals surface area contributed by atoms with Gasteiger partial charge in [-0.05, 0) is 43.4 Å². The van der Waals surface area contributed by atoms with Gasteiger partial charge in [-0.15, -0.1) is 12.4 Å². The number of halogens is 1. The van der Waals surface area contributed by atoms with Gasteiger partial charge in [-0.1, -0.05) is 19.9 Å². The molecule has 21 heavy (non-hydrogen) atoms. The zero-order chi connectivity index (χ0) is 14.7. The lowest BCUT2D eigenvalue weighted by molar-refractivity contribution is -0.122. The Bertz CT molecular complexity index is 490. The number of nitrogens with two attached hydrogens (primary N) is 1. The third-order valence-electron chi connectivity index (χ3n) is 3.85. The molecular weight excluding hydrogens is 286 g/mol. The van der Waals surface area contributed by atoms with Crippen molar-refractivity contribution >= 4 is 29.7 Å². The summed E-state index contributed by atoms with van der Waals surface area (Å²) in [6.45, 7) is 7.80. The average molecular weight is 312 g/mol. The quantitative estimate of drug-likeness (QED) is 0.840. The van der Waals surface area contributed by atoms with Crippen LogP contribution < -0.4 is 16.0 Å². The first-order valence-electron chi connectivity index (χ1n) is 7.42. The van der Waals surface area contributed by atoms with Crippen LogP contribution in [0.2, 0.25) is 0 Å². The summed E-state index contributed by atoms with van der Waals surface area (Å²) in [5, 5.41) is 3.01. The van der Waals surface area contributed by atoms with Crippen LogP contribution in [0.15, 0.2) is 18.2 Å². The molecular formula is C16H26ClN3O. The van der Waals surface area contributed by atoms with Gasteiger partial charge in [0.05, 0.1) is 0 Å². The number of benzene rings is 1. The Hall–Kier alpha value is -1.42. The average Bonchev–Trinajstić information content (AvgIpc) is 2.44. The summed E-state index contributed by atoms with van der Waals surface area (Å²) < 4.78 is 0. The molecule has 0 radical (unpaired) electrons. The van der Waals surface area contributed by atoms with E-state index in [2.05, 4.69) is 30.1 Å². The van der Waals surface area contributed by atoms with Crippen molar-refractivity contribution in [1.29, 1.82) is 0 Å². The van der Waals surface area contributed by atoms with Gasteiger partial charge in [0.15, 0.2) is 0 Å². The molecule has 1 amide bonds. The lowest BCUT2D eigenvalue weighted by Crippen LogP contribution is -2.48. The van der Waals surface area contributed by atoms with E-state index in [4.69, 9.17) is 5.73 Å². The standard InChI is InChI=1S/C16H25N3O.ClH/c1-11(2)10-18-16(20)12(3)19-9-5-6-13-14(17)7-4-8-15(13)19;/h4,7-8,11-12H,5-6,9-10,17H2,1-3H3,(H,18,20);1H. The molecule has 118 valence electrons. The number of hydrogen-bond acceptors (Lipinski definition) is 3. The lowest BCUT2D eigenvalue weighted by atomic mass is 9.98. The van der Waals surface area contributed by atoms with Crippen LogP contribution >= 0.6 is 12.4 Å². The number of hydrogen-bond donors (Lipinski definition) is 2. The molecule has 0 aromatic heterocycles. The van der Waals surface area contributed by atoms with Crippen LogP contribution in [0.3, 0.4) is 0 Å². The molecule has 5 heteroatoms. The van der Waals surface area contributed by atoms with E-state index in [9.17, 15) is 4.79 Å². The van der Waals surface area contributed by atoms with Crippen LogP contribution in [0, 0.1) is 5.92 Å². The molecule has 1 aliphatic heterocycles. The Morgan fingerprint density at radius 1 is 1.38 bits per heavy atom. The molecule has 0 fully saturated rings. The Kier molecular flexibility index (Phi) is 6.34. The molecule has 1 atom stereocenters. The van der Waals surface area contributed by atoms with Crippen molar-refractivity contribution in [3.8, 4) is 0 Å². The fourth-order valence-electron chi connectivity index (χ4n) is 2.68. The monoisotopic (exact) mass is 311 g/mol. The van der Waals surface area contributed by atoms with Crippen molar-refractivity contribution in [2.75, 3.05) is 23.7 Å². The number of rotatable bonds is 4. The number of amides is 1. The summed E-state index contributed by atoms with van der Waals surface area (Å²) in [7, 11) is 0. The van der Waals surface area contributed by atoms with Crippen LogP contribution in [-0.2, 0) is 11.2 Å². The Balaban J connectivity index is 0.00000220. The second-order valence-corrected chi connectivity index (χ2v) is 5.96. The topological polar surface area (TPSA) is 58.4 Å². The highest BCUT2D eigenvalue weighted by Crippen LogP contribution is 2.32. The summed E-state index contributed by atoms with van der Waals surface area (Å²) in [5.41, 5.74) is 9.18. The van der Waals surface area contributed by atoms with Gasteiger partial charge in [0, 0.05) is 24.5 Å². The minimum atomic E-state index is -0.158. The van der Waals surface area contributed by atoms with Crippen LogP contribution in [-0.4, -0.2) is 25.0 Å². The second-order valence-electron chi connectivity index (χ2n) is 5.96. The molecule has 1 aromatic rings. The largest absolute Gasteiger partial charge is 0.398 e. The Morgan fingerprint density at radius 2 is 2.10 bits per heavy atom.